The number of hydrogen-bond acceptors (Lipinski definition) is 6. The molecule has 0 atom stereocenters. The van der Waals surface area contributed by atoms with Crippen LogP contribution < -0.4 is 5.32 Å². The number of aromatic nitrogens is 4. The van der Waals surface area contributed by atoms with Gasteiger partial charge in [0, 0.05) is 28.5 Å². The smallest absolute Gasteiger partial charge is 0.322 e. The second kappa shape index (κ2) is 7.10. The van der Waals surface area contributed by atoms with E-state index in [-0.39, 0.29) is 17.8 Å². The molecule has 2 aromatic heterocycles. The number of amides is 1. The van der Waals surface area contributed by atoms with Gasteiger partial charge in [0.1, 0.15) is 5.69 Å². The first-order valence-electron chi connectivity index (χ1n) is 7.85. The summed E-state index contributed by atoms with van der Waals surface area (Å²) >= 11 is 1.75. The van der Waals surface area contributed by atoms with Crippen LogP contribution in [-0.2, 0) is 7.05 Å². The fourth-order valence-electron chi connectivity index (χ4n) is 2.17. The Hall–Kier alpha value is -2.61. The van der Waals surface area contributed by atoms with Crippen LogP contribution in [0.5, 0.6) is 0 Å². The lowest BCUT2D eigenvalue weighted by molar-refractivity contribution is 0.102. The number of anilines is 1. The predicted octanol–water partition coefficient (Wildman–Crippen LogP) is 3.53. The van der Waals surface area contributed by atoms with E-state index in [4.69, 9.17) is 4.42 Å². The highest BCUT2D eigenvalue weighted by molar-refractivity contribution is 7.99. The Balaban J connectivity index is 1.69. The molecule has 0 saturated carbocycles. The van der Waals surface area contributed by atoms with Gasteiger partial charge in [-0.2, -0.15) is 5.10 Å². The monoisotopic (exact) mass is 357 g/mol. The summed E-state index contributed by atoms with van der Waals surface area (Å²) in [6.45, 7) is 6.18. The largest absolute Gasteiger partial charge is 0.401 e. The van der Waals surface area contributed by atoms with Crippen molar-refractivity contribution in [1.82, 2.24) is 20.0 Å². The van der Waals surface area contributed by atoms with Crippen LogP contribution in [0.3, 0.4) is 0 Å². The van der Waals surface area contributed by atoms with Gasteiger partial charge in [0.2, 0.25) is 0 Å². The summed E-state index contributed by atoms with van der Waals surface area (Å²) in [4.78, 5) is 13.4. The van der Waals surface area contributed by atoms with Gasteiger partial charge in [-0.3, -0.25) is 14.8 Å². The molecular weight excluding hydrogens is 338 g/mol. The maximum atomic E-state index is 12.3. The Bertz CT molecular complexity index is 863. The SMILES string of the molecule is Cc1cc(-c2nnc(NC(=O)c3ccc(SC(C)C)cc3)o2)nn1C. The van der Waals surface area contributed by atoms with E-state index in [1.54, 1.807) is 28.6 Å². The lowest BCUT2D eigenvalue weighted by Gasteiger charge is -2.05. The molecule has 130 valence electrons. The first-order valence-corrected chi connectivity index (χ1v) is 8.73. The summed E-state index contributed by atoms with van der Waals surface area (Å²) in [5.41, 5.74) is 2.07. The van der Waals surface area contributed by atoms with Crippen molar-refractivity contribution in [2.45, 2.75) is 30.9 Å². The van der Waals surface area contributed by atoms with E-state index >= 15 is 0 Å². The maximum absolute atomic E-state index is 12.3. The highest BCUT2D eigenvalue weighted by Gasteiger charge is 2.15. The molecule has 0 aliphatic heterocycles. The van der Waals surface area contributed by atoms with E-state index in [0.717, 1.165) is 10.6 Å². The lowest BCUT2D eigenvalue weighted by atomic mass is 10.2. The fourth-order valence-corrected chi connectivity index (χ4v) is 3.01. The van der Waals surface area contributed by atoms with Gasteiger partial charge < -0.3 is 4.42 Å². The second-order valence-corrected chi connectivity index (χ2v) is 7.50. The molecule has 1 N–H and O–H groups in total. The van der Waals surface area contributed by atoms with Crippen molar-refractivity contribution in [2.75, 3.05) is 5.32 Å². The topological polar surface area (TPSA) is 85.8 Å². The molecule has 0 saturated heterocycles. The van der Waals surface area contributed by atoms with Gasteiger partial charge >= 0.3 is 6.01 Å². The van der Waals surface area contributed by atoms with Crippen molar-refractivity contribution in [3.8, 4) is 11.6 Å². The average molecular weight is 357 g/mol. The van der Waals surface area contributed by atoms with Crippen molar-refractivity contribution in [2.24, 2.45) is 7.05 Å². The van der Waals surface area contributed by atoms with Crippen LogP contribution in [0.2, 0.25) is 0 Å². The number of thioether (sulfide) groups is 1. The summed E-state index contributed by atoms with van der Waals surface area (Å²) < 4.78 is 7.19. The summed E-state index contributed by atoms with van der Waals surface area (Å²) in [6, 6.07) is 9.29. The maximum Gasteiger partial charge on any atom is 0.322 e. The molecule has 0 aliphatic rings. The van der Waals surface area contributed by atoms with Gasteiger partial charge in [-0.05, 0) is 37.3 Å². The Kier molecular flexibility index (Phi) is 4.89. The van der Waals surface area contributed by atoms with Gasteiger partial charge in [0.15, 0.2) is 0 Å². The van der Waals surface area contributed by atoms with Crippen LogP contribution in [0.4, 0.5) is 6.01 Å². The summed E-state index contributed by atoms with van der Waals surface area (Å²) in [6.07, 6.45) is 0. The minimum Gasteiger partial charge on any atom is -0.401 e. The van der Waals surface area contributed by atoms with Crippen molar-refractivity contribution >= 4 is 23.7 Å². The average Bonchev–Trinajstić information content (AvgIpc) is 3.15. The van der Waals surface area contributed by atoms with Crippen LogP contribution in [0.15, 0.2) is 39.6 Å². The van der Waals surface area contributed by atoms with Crippen LogP contribution in [-0.4, -0.2) is 31.1 Å². The Labute approximate surface area is 149 Å². The molecule has 1 amide bonds. The van der Waals surface area contributed by atoms with E-state index in [1.165, 1.54) is 0 Å². The van der Waals surface area contributed by atoms with E-state index in [9.17, 15) is 4.79 Å². The Morgan fingerprint density at radius 1 is 1.24 bits per heavy atom. The number of benzene rings is 1. The zero-order valence-corrected chi connectivity index (χ0v) is 15.3. The van der Waals surface area contributed by atoms with Crippen molar-refractivity contribution in [3.05, 3.63) is 41.6 Å². The first-order chi connectivity index (χ1) is 11.9. The quantitative estimate of drug-likeness (QED) is 0.703. The molecule has 0 aliphatic carbocycles. The molecule has 25 heavy (non-hydrogen) atoms. The Morgan fingerprint density at radius 2 is 1.96 bits per heavy atom. The third-order valence-corrected chi connectivity index (χ3v) is 4.48. The Morgan fingerprint density at radius 3 is 2.56 bits per heavy atom. The van der Waals surface area contributed by atoms with Crippen molar-refractivity contribution in [1.29, 1.82) is 0 Å². The van der Waals surface area contributed by atoms with E-state index in [1.807, 2.05) is 32.2 Å². The molecule has 1 aromatic carbocycles. The van der Waals surface area contributed by atoms with E-state index in [0.29, 0.717) is 16.5 Å². The molecule has 0 bridgehead atoms. The van der Waals surface area contributed by atoms with Gasteiger partial charge in [-0.25, -0.2) is 0 Å². The van der Waals surface area contributed by atoms with Crippen molar-refractivity contribution < 1.29 is 9.21 Å². The molecule has 3 aromatic rings. The third kappa shape index (κ3) is 4.08. The molecule has 0 fully saturated rings. The highest BCUT2D eigenvalue weighted by Crippen LogP contribution is 2.23. The van der Waals surface area contributed by atoms with E-state index in [2.05, 4.69) is 34.5 Å². The normalized spacial score (nSPS) is 11.1. The van der Waals surface area contributed by atoms with Crippen LogP contribution in [0.1, 0.15) is 29.9 Å². The standard InChI is InChI=1S/C17H19N5O2S/c1-10(2)25-13-7-5-12(6-8-13)15(23)18-17-20-19-16(24-17)14-9-11(3)22(4)21-14/h5-10H,1-4H3,(H,18,20,23). The van der Waals surface area contributed by atoms with Crippen molar-refractivity contribution in [3.63, 3.8) is 0 Å². The van der Waals surface area contributed by atoms with Gasteiger partial charge in [-0.15, -0.1) is 16.9 Å². The number of carbonyl (C=O) groups is 1. The number of aryl methyl sites for hydroxylation is 2. The number of hydrogen-bond donors (Lipinski definition) is 1. The fraction of sp³-hybridized carbons (Fsp3) is 0.294. The number of rotatable bonds is 5. The van der Waals surface area contributed by atoms with Gasteiger partial charge in [0.25, 0.3) is 11.8 Å². The minimum atomic E-state index is -0.298. The summed E-state index contributed by atoms with van der Waals surface area (Å²) in [5.74, 6) is -0.0313. The molecule has 2 heterocycles. The zero-order valence-electron chi connectivity index (χ0n) is 14.5. The summed E-state index contributed by atoms with van der Waals surface area (Å²) in [7, 11) is 1.83. The molecular formula is C17H19N5O2S. The molecule has 0 spiro atoms. The third-order valence-electron chi connectivity index (χ3n) is 3.47. The van der Waals surface area contributed by atoms with Crippen LogP contribution >= 0.6 is 11.8 Å². The lowest BCUT2D eigenvalue weighted by Crippen LogP contribution is -2.11. The van der Waals surface area contributed by atoms with Gasteiger partial charge in [-0.1, -0.05) is 18.9 Å². The highest BCUT2D eigenvalue weighted by atomic mass is 32.2. The molecule has 7 nitrogen and oxygen atoms in total. The number of carbonyl (C=O) groups excluding carboxylic acids is 1. The molecule has 8 heteroatoms. The zero-order chi connectivity index (χ0) is 18.0. The minimum absolute atomic E-state index is 0.0453. The number of nitrogens with zero attached hydrogens (tertiary/aromatic N) is 4. The predicted molar refractivity (Wildman–Crippen MR) is 96.6 cm³/mol. The van der Waals surface area contributed by atoms with Crippen LogP contribution in [0, 0.1) is 6.92 Å². The van der Waals surface area contributed by atoms with E-state index < -0.39 is 0 Å². The summed E-state index contributed by atoms with van der Waals surface area (Å²) in [5, 5.41) is 15.1. The van der Waals surface area contributed by atoms with Gasteiger partial charge in [0.05, 0.1) is 0 Å². The van der Waals surface area contributed by atoms with Crippen LogP contribution in [0.25, 0.3) is 11.6 Å². The molecule has 3 rings (SSSR count). The first kappa shape index (κ1) is 17.2. The second-order valence-electron chi connectivity index (χ2n) is 5.85. The number of nitrogens with one attached hydrogen (secondary N) is 1. The molecule has 0 unspecified atom stereocenters. The molecule has 0 radical (unpaired) electrons.